The zero-order chi connectivity index (χ0) is 23.8. The molecule has 0 spiro atoms. The number of aromatic nitrogens is 2. The Balaban J connectivity index is 1.71. The summed E-state index contributed by atoms with van der Waals surface area (Å²) in [5, 5.41) is 16.5. The number of rotatable bonds is 2. The third-order valence-corrected chi connectivity index (χ3v) is 6.40. The van der Waals surface area contributed by atoms with Gasteiger partial charge in [0.1, 0.15) is 23.5 Å². The highest BCUT2D eigenvalue weighted by Gasteiger charge is 2.46. The van der Waals surface area contributed by atoms with Gasteiger partial charge in [-0.3, -0.25) is 5.10 Å². The van der Waals surface area contributed by atoms with Crippen LogP contribution >= 0.6 is 15.9 Å². The Morgan fingerprint density at radius 3 is 2.91 bits per heavy atom. The van der Waals surface area contributed by atoms with Crippen molar-refractivity contribution in [2.75, 3.05) is 19.7 Å². The lowest BCUT2D eigenvalue weighted by Crippen LogP contribution is -2.52. The average molecular weight is 511 g/mol. The Bertz CT molecular complexity index is 1190. The zero-order valence-corrected chi connectivity index (χ0v) is 20.1. The summed E-state index contributed by atoms with van der Waals surface area (Å²) in [4.78, 5) is 22.9. The van der Waals surface area contributed by atoms with Gasteiger partial charge in [-0.05, 0) is 48.3 Å². The van der Waals surface area contributed by atoms with E-state index in [1.165, 1.54) is 0 Å². The van der Waals surface area contributed by atoms with Crippen LogP contribution in [0.15, 0.2) is 33.9 Å². The summed E-state index contributed by atoms with van der Waals surface area (Å²) in [5.74, 6) is 0.133. The molecule has 3 unspecified atom stereocenters. The number of nitrogens with one attached hydrogen (secondary N) is 1. The second kappa shape index (κ2) is 8.97. The Hall–Kier alpha value is -3.21. The number of aromatic amines is 1. The number of hydrogen-bond donors (Lipinski definition) is 1. The summed E-state index contributed by atoms with van der Waals surface area (Å²) < 4.78 is 12.1. The first-order valence-electron chi connectivity index (χ1n) is 10.5. The monoisotopic (exact) mass is 510 g/mol. The molecule has 0 radical (unpaired) electrons. The summed E-state index contributed by atoms with van der Waals surface area (Å²) in [7, 11) is 0. The molecule has 3 heterocycles. The van der Waals surface area contributed by atoms with Gasteiger partial charge in [0.2, 0.25) is 0 Å². The van der Waals surface area contributed by atoms with Crippen LogP contribution in [-0.4, -0.2) is 64.3 Å². The van der Waals surface area contributed by atoms with Crippen molar-refractivity contribution in [3.05, 3.63) is 57.0 Å². The molecule has 0 bridgehead atoms. The number of halogens is 1. The maximum absolute atomic E-state index is 12.6. The molecule has 1 N–H and O–H groups in total. The van der Waals surface area contributed by atoms with E-state index in [1.54, 1.807) is 23.2 Å². The number of hydrogen-bond acceptors (Lipinski definition) is 6. The molecule has 1 saturated heterocycles. The summed E-state index contributed by atoms with van der Waals surface area (Å²) >= 11 is 3.55. The fourth-order valence-electron chi connectivity index (χ4n) is 4.08. The lowest BCUT2D eigenvalue weighted by molar-refractivity contribution is -0.0215. The van der Waals surface area contributed by atoms with Crippen molar-refractivity contribution in [3.63, 3.8) is 0 Å². The van der Waals surface area contributed by atoms with E-state index in [0.29, 0.717) is 34.7 Å². The second-order valence-corrected chi connectivity index (χ2v) is 9.66. The van der Waals surface area contributed by atoms with Gasteiger partial charge in [0.15, 0.2) is 5.82 Å². The molecule has 10 heteroatoms. The van der Waals surface area contributed by atoms with E-state index >= 15 is 0 Å². The van der Waals surface area contributed by atoms with Gasteiger partial charge in [0.05, 0.1) is 30.8 Å². The van der Waals surface area contributed by atoms with Gasteiger partial charge in [0.25, 0.3) is 6.04 Å². The summed E-state index contributed by atoms with van der Waals surface area (Å²) in [6.07, 6.45) is 0.677. The van der Waals surface area contributed by atoms with Crippen molar-refractivity contribution in [2.45, 2.75) is 44.4 Å². The van der Waals surface area contributed by atoms with Crippen molar-refractivity contribution < 1.29 is 14.3 Å². The number of H-pyrrole nitrogens is 1. The SMILES string of the molecule is [C-]#[N+]C1C(C2CN(C(=O)OC(C)(C)C)CCO2)=Nc2[nH]ncc2C1c1cccc(C#N)c1Br. The van der Waals surface area contributed by atoms with Gasteiger partial charge in [-0.25, -0.2) is 16.4 Å². The summed E-state index contributed by atoms with van der Waals surface area (Å²) in [6.45, 7) is 14.4. The number of ether oxygens (including phenoxy) is 2. The first-order chi connectivity index (χ1) is 15.7. The van der Waals surface area contributed by atoms with E-state index in [4.69, 9.17) is 21.0 Å². The van der Waals surface area contributed by atoms with Crippen molar-refractivity contribution in [1.29, 1.82) is 5.26 Å². The highest BCUT2D eigenvalue weighted by molar-refractivity contribution is 9.10. The first kappa shape index (κ1) is 23.0. The minimum atomic E-state index is -0.691. The van der Waals surface area contributed by atoms with E-state index in [9.17, 15) is 10.1 Å². The van der Waals surface area contributed by atoms with Crippen LogP contribution in [0.3, 0.4) is 0 Å². The highest BCUT2D eigenvalue weighted by atomic mass is 79.9. The molecule has 1 amide bonds. The van der Waals surface area contributed by atoms with Crippen LogP contribution in [0.4, 0.5) is 10.6 Å². The molecule has 2 aliphatic heterocycles. The Kier molecular flexibility index (Phi) is 6.24. The van der Waals surface area contributed by atoms with Gasteiger partial charge in [-0.1, -0.05) is 12.1 Å². The Labute approximate surface area is 200 Å². The largest absolute Gasteiger partial charge is 0.444 e. The number of benzene rings is 1. The predicted octanol–water partition coefficient (Wildman–Crippen LogP) is 4.19. The molecule has 33 heavy (non-hydrogen) atoms. The Morgan fingerprint density at radius 1 is 1.42 bits per heavy atom. The normalized spacial score (nSPS) is 22.5. The van der Waals surface area contributed by atoms with Crippen molar-refractivity contribution in [3.8, 4) is 6.07 Å². The van der Waals surface area contributed by atoms with Crippen LogP contribution in [0.25, 0.3) is 4.85 Å². The lowest BCUT2D eigenvalue weighted by Gasteiger charge is -2.36. The fraction of sp³-hybridized carbons (Fsp3) is 0.435. The number of amides is 1. The number of nitriles is 1. The zero-order valence-electron chi connectivity index (χ0n) is 18.5. The minimum absolute atomic E-state index is 0.232. The van der Waals surface area contributed by atoms with Gasteiger partial charge < -0.3 is 19.2 Å². The quantitative estimate of drug-likeness (QED) is 0.609. The molecule has 1 fully saturated rings. The molecule has 0 saturated carbocycles. The molecule has 1 aromatic heterocycles. The second-order valence-electron chi connectivity index (χ2n) is 8.87. The molecule has 2 aliphatic rings. The van der Waals surface area contributed by atoms with Gasteiger partial charge in [-0.15, -0.1) is 0 Å². The maximum Gasteiger partial charge on any atom is 0.410 e. The number of morpholine rings is 1. The highest BCUT2D eigenvalue weighted by Crippen LogP contribution is 2.43. The molecular weight excluding hydrogens is 488 g/mol. The number of carbonyl (C=O) groups is 1. The first-order valence-corrected chi connectivity index (χ1v) is 11.3. The van der Waals surface area contributed by atoms with Gasteiger partial charge >= 0.3 is 6.09 Å². The molecule has 2 aromatic rings. The van der Waals surface area contributed by atoms with Gasteiger partial charge in [0, 0.05) is 16.6 Å². The van der Waals surface area contributed by atoms with Crippen LogP contribution in [0.2, 0.25) is 0 Å². The topological polar surface area (TPSA) is 108 Å². The van der Waals surface area contributed by atoms with Crippen molar-refractivity contribution >= 4 is 33.6 Å². The van der Waals surface area contributed by atoms with Crippen LogP contribution in [0.1, 0.15) is 43.4 Å². The summed E-state index contributed by atoms with van der Waals surface area (Å²) in [5.41, 5.74) is 1.96. The predicted molar refractivity (Wildman–Crippen MR) is 124 cm³/mol. The van der Waals surface area contributed by atoms with Gasteiger partial charge in [-0.2, -0.15) is 10.4 Å². The molecule has 170 valence electrons. The summed E-state index contributed by atoms with van der Waals surface area (Å²) in [6, 6.07) is 6.89. The maximum atomic E-state index is 12.6. The third kappa shape index (κ3) is 4.50. The number of fused-ring (bicyclic) bond motifs is 1. The van der Waals surface area contributed by atoms with E-state index in [2.05, 4.69) is 37.0 Å². The van der Waals surface area contributed by atoms with Crippen LogP contribution in [0.5, 0.6) is 0 Å². The molecular formula is C23H23BrN6O3. The smallest absolute Gasteiger partial charge is 0.410 e. The standard InChI is InChI=1S/C23H23BrN6O3/c1-23(2,3)33-22(31)30-8-9-32-16(12-30)19-20(26-4)17(15-11-27-29-21(15)28-19)14-7-5-6-13(10-25)18(14)24/h5-7,11,16-17,20H,8-9,12H2,1-3H3,(H,27,29). The van der Waals surface area contributed by atoms with E-state index in [-0.39, 0.29) is 6.54 Å². The Morgan fingerprint density at radius 2 is 2.21 bits per heavy atom. The average Bonchev–Trinajstić information content (AvgIpc) is 3.25. The van der Waals surface area contributed by atoms with E-state index in [1.807, 2.05) is 26.8 Å². The molecule has 1 aromatic carbocycles. The molecule has 9 nitrogen and oxygen atoms in total. The van der Waals surface area contributed by atoms with E-state index in [0.717, 1.165) is 11.1 Å². The van der Waals surface area contributed by atoms with Crippen molar-refractivity contribution in [1.82, 2.24) is 15.1 Å². The fourth-order valence-corrected chi connectivity index (χ4v) is 4.68. The van der Waals surface area contributed by atoms with Crippen LogP contribution in [0, 0.1) is 17.9 Å². The molecule has 4 rings (SSSR count). The van der Waals surface area contributed by atoms with Crippen LogP contribution in [-0.2, 0) is 9.47 Å². The molecule has 0 aliphatic carbocycles. The third-order valence-electron chi connectivity index (χ3n) is 5.51. The number of carbonyl (C=O) groups excluding carboxylic acids is 1. The van der Waals surface area contributed by atoms with Crippen LogP contribution < -0.4 is 0 Å². The number of aliphatic imine (C=N–C) groups is 1. The van der Waals surface area contributed by atoms with Crippen molar-refractivity contribution in [2.24, 2.45) is 4.99 Å². The molecule has 3 atom stereocenters. The number of nitrogens with zero attached hydrogens (tertiary/aromatic N) is 5. The minimum Gasteiger partial charge on any atom is -0.444 e. The van der Waals surface area contributed by atoms with E-state index < -0.39 is 29.8 Å². The lowest BCUT2D eigenvalue weighted by atomic mass is 9.80.